The molecule has 1 aromatic rings. The van der Waals surface area contributed by atoms with Gasteiger partial charge in [-0.25, -0.2) is 4.98 Å². The third-order valence-electron chi connectivity index (χ3n) is 5.19. The maximum Gasteiger partial charge on any atom is 0.417 e. The minimum atomic E-state index is -4.46. The molecule has 2 heterocycles. The molecule has 1 unspecified atom stereocenters. The van der Waals surface area contributed by atoms with E-state index in [1.54, 1.807) is 0 Å². The molecule has 2 aliphatic rings. The third-order valence-corrected chi connectivity index (χ3v) is 5.47. The van der Waals surface area contributed by atoms with Crippen LogP contribution in [0.2, 0.25) is 5.02 Å². The Kier molecular flexibility index (Phi) is 6.24. The summed E-state index contributed by atoms with van der Waals surface area (Å²) in [6.45, 7) is 4.60. The predicted molar refractivity (Wildman–Crippen MR) is 103 cm³/mol. The van der Waals surface area contributed by atoms with Crippen LogP contribution in [-0.2, 0) is 6.18 Å². The molecule has 1 atom stereocenters. The molecule has 1 aliphatic heterocycles. The highest BCUT2D eigenvalue weighted by molar-refractivity contribution is 6.33. The standard InChI is InChI=1S/C18H25ClF3N5O/c1-2-23-16(25-10-17(11-28)4-5-17)26-13-3-6-27(9-13)15-14(19)7-12(8-24-15)18(20,21)22/h7-8,13,28H,2-6,9-11H2,1H3,(H2,23,25,26). The number of nitrogens with one attached hydrogen (secondary N) is 2. The van der Waals surface area contributed by atoms with Gasteiger partial charge in [-0.3, -0.25) is 4.99 Å². The lowest BCUT2D eigenvalue weighted by Crippen LogP contribution is -2.45. The number of aliphatic imine (C=N–C) groups is 1. The summed E-state index contributed by atoms with van der Waals surface area (Å²) >= 11 is 6.06. The molecule has 0 bridgehead atoms. The van der Waals surface area contributed by atoms with Gasteiger partial charge in [-0.1, -0.05) is 11.6 Å². The van der Waals surface area contributed by atoms with Gasteiger partial charge in [0, 0.05) is 37.3 Å². The van der Waals surface area contributed by atoms with E-state index < -0.39 is 11.7 Å². The number of rotatable bonds is 6. The summed E-state index contributed by atoms with van der Waals surface area (Å²) in [4.78, 5) is 10.4. The quantitative estimate of drug-likeness (QED) is 0.488. The molecule has 1 aromatic heterocycles. The lowest BCUT2D eigenvalue weighted by Gasteiger charge is -2.21. The Hall–Kier alpha value is -1.74. The van der Waals surface area contributed by atoms with Gasteiger partial charge in [0.1, 0.15) is 5.82 Å². The smallest absolute Gasteiger partial charge is 0.396 e. The monoisotopic (exact) mass is 419 g/mol. The van der Waals surface area contributed by atoms with E-state index in [0.717, 1.165) is 31.5 Å². The molecule has 3 N–H and O–H groups in total. The van der Waals surface area contributed by atoms with Crippen molar-refractivity contribution in [1.29, 1.82) is 0 Å². The van der Waals surface area contributed by atoms with Crippen molar-refractivity contribution in [3.8, 4) is 0 Å². The van der Waals surface area contributed by atoms with E-state index in [1.165, 1.54) is 0 Å². The van der Waals surface area contributed by atoms with Crippen LogP contribution in [0.15, 0.2) is 17.3 Å². The van der Waals surface area contributed by atoms with Gasteiger partial charge in [-0.2, -0.15) is 13.2 Å². The van der Waals surface area contributed by atoms with Crippen molar-refractivity contribution in [2.45, 2.75) is 38.4 Å². The molecule has 28 heavy (non-hydrogen) atoms. The third kappa shape index (κ3) is 5.00. The lowest BCUT2D eigenvalue weighted by molar-refractivity contribution is -0.137. The minimum Gasteiger partial charge on any atom is -0.396 e. The van der Waals surface area contributed by atoms with Crippen LogP contribution < -0.4 is 15.5 Å². The van der Waals surface area contributed by atoms with Gasteiger partial charge in [0.05, 0.1) is 23.7 Å². The van der Waals surface area contributed by atoms with Crippen molar-refractivity contribution >= 4 is 23.4 Å². The van der Waals surface area contributed by atoms with Crippen LogP contribution >= 0.6 is 11.6 Å². The van der Waals surface area contributed by atoms with Crippen LogP contribution in [0.3, 0.4) is 0 Å². The van der Waals surface area contributed by atoms with Crippen molar-refractivity contribution in [3.05, 3.63) is 22.8 Å². The predicted octanol–water partition coefficient (Wildman–Crippen LogP) is 2.66. The van der Waals surface area contributed by atoms with Gasteiger partial charge >= 0.3 is 6.18 Å². The molecule has 156 valence electrons. The van der Waals surface area contributed by atoms with Crippen LogP contribution in [0.1, 0.15) is 31.7 Å². The van der Waals surface area contributed by atoms with Gasteiger partial charge in [-0.15, -0.1) is 0 Å². The summed E-state index contributed by atoms with van der Waals surface area (Å²) in [6, 6.07) is 0.988. The van der Waals surface area contributed by atoms with Crippen LogP contribution in [0.4, 0.5) is 19.0 Å². The first-order valence-corrected chi connectivity index (χ1v) is 9.77. The Labute approximate surface area is 167 Å². The van der Waals surface area contributed by atoms with Gasteiger partial charge in [-0.05, 0) is 32.3 Å². The normalized spacial score (nSPS) is 21.7. The number of guanidine groups is 1. The summed E-state index contributed by atoms with van der Waals surface area (Å²) < 4.78 is 38.3. The second-order valence-corrected chi connectivity index (χ2v) is 7.86. The van der Waals surface area contributed by atoms with Gasteiger partial charge in [0.2, 0.25) is 0 Å². The maximum absolute atomic E-state index is 12.8. The molecule has 2 fully saturated rings. The molecule has 0 aromatic carbocycles. The molecule has 3 rings (SSSR count). The number of nitrogens with zero attached hydrogens (tertiary/aromatic N) is 3. The van der Waals surface area contributed by atoms with Crippen LogP contribution in [0, 0.1) is 5.41 Å². The molecule has 0 amide bonds. The molecule has 0 radical (unpaired) electrons. The van der Waals surface area contributed by atoms with Crippen molar-refractivity contribution in [2.24, 2.45) is 10.4 Å². The van der Waals surface area contributed by atoms with Gasteiger partial charge < -0.3 is 20.6 Å². The van der Waals surface area contributed by atoms with E-state index in [-0.39, 0.29) is 23.1 Å². The van der Waals surface area contributed by atoms with E-state index in [2.05, 4.69) is 20.6 Å². The van der Waals surface area contributed by atoms with E-state index in [1.807, 2.05) is 11.8 Å². The van der Waals surface area contributed by atoms with Crippen molar-refractivity contribution in [1.82, 2.24) is 15.6 Å². The molecule has 1 saturated carbocycles. The fourth-order valence-electron chi connectivity index (χ4n) is 3.19. The SMILES string of the molecule is CCNC(=NCC1(CO)CC1)NC1CCN(c2ncc(C(F)(F)F)cc2Cl)C1. The molecule has 10 heteroatoms. The second-order valence-electron chi connectivity index (χ2n) is 7.46. The zero-order valence-corrected chi connectivity index (χ0v) is 16.4. The molecule has 6 nitrogen and oxygen atoms in total. The Morgan fingerprint density at radius 2 is 2.21 bits per heavy atom. The molecule has 1 aliphatic carbocycles. The Morgan fingerprint density at radius 1 is 1.46 bits per heavy atom. The number of hydrogen-bond acceptors (Lipinski definition) is 4. The summed E-state index contributed by atoms with van der Waals surface area (Å²) in [5.74, 6) is 1.04. The minimum absolute atomic E-state index is 0.00494. The summed E-state index contributed by atoms with van der Waals surface area (Å²) in [7, 11) is 0. The highest BCUT2D eigenvalue weighted by atomic mass is 35.5. The van der Waals surface area contributed by atoms with Crippen molar-refractivity contribution in [3.63, 3.8) is 0 Å². The van der Waals surface area contributed by atoms with E-state index in [4.69, 9.17) is 11.6 Å². The largest absolute Gasteiger partial charge is 0.417 e. The van der Waals surface area contributed by atoms with Gasteiger partial charge in [0.15, 0.2) is 5.96 Å². The molecular weight excluding hydrogens is 395 g/mol. The second kappa shape index (κ2) is 8.32. The first kappa shape index (κ1) is 21.0. The van der Waals surface area contributed by atoms with E-state index in [0.29, 0.717) is 38.0 Å². The first-order chi connectivity index (χ1) is 13.3. The molecular formula is C18H25ClF3N5O. The number of pyridine rings is 1. The number of anilines is 1. The summed E-state index contributed by atoms with van der Waals surface area (Å²) in [5.41, 5.74) is -0.920. The number of alkyl halides is 3. The fraction of sp³-hybridized carbons (Fsp3) is 0.667. The lowest BCUT2D eigenvalue weighted by atomic mass is 10.1. The van der Waals surface area contributed by atoms with Crippen molar-refractivity contribution in [2.75, 3.05) is 37.7 Å². The fourth-order valence-corrected chi connectivity index (χ4v) is 3.48. The number of aromatic nitrogens is 1. The number of aliphatic hydroxyl groups is 1. The van der Waals surface area contributed by atoms with E-state index >= 15 is 0 Å². The highest BCUT2D eigenvalue weighted by Gasteiger charge is 2.42. The van der Waals surface area contributed by atoms with Crippen molar-refractivity contribution < 1.29 is 18.3 Å². The summed E-state index contributed by atoms with van der Waals surface area (Å²) in [5, 5.41) is 16.0. The summed E-state index contributed by atoms with van der Waals surface area (Å²) in [6.07, 6.45) is -0.885. The Bertz CT molecular complexity index is 724. The number of hydrogen-bond donors (Lipinski definition) is 3. The molecule has 1 saturated heterocycles. The first-order valence-electron chi connectivity index (χ1n) is 9.40. The highest BCUT2D eigenvalue weighted by Crippen LogP contribution is 2.45. The van der Waals surface area contributed by atoms with Crippen LogP contribution in [-0.4, -0.2) is 54.9 Å². The number of aliphatic hydroxyl groups excluding tert-OH is 1. The Morgan fingerprint density at radius 3 is 2.79 bits per heavy atom. The zero-order chi connectivity index (χ0) is 20.4. The topological polar surface area (TPSA) is 72.8 Å². The average molecular weight is 420 g/mol. The Balaban J connectivity index is 1.62. The maximum atomic E-state index is 12.8. The van der Waals surface area contributed by atoms with E-state index in [9.17, 15) is 18.3 Å². The average Bonchev–Trinajstić information content (AvgIpc) is 3.29. The van der Waals surface area contributed by atoms with Crippen LogP contribution in [0.5, 0.6) is 0 Å². The number of halogens is 4. The molecule has 0 spiro atoms. The zero-order valence-electron chi connectivity index (χ0n) is 15.7. The van der Waals surface area contributed by atoms with Crippen LogP contribution in [0.25, 0.3) is 0 Å². The van der Waals surface area contributed by atoms with Gasteiger partial charge in [0.25, 0.3) is 0 Å².